The summed E-state index contributed by atoms with van der Waals surface area (Å²) < 4.78 is 0. The second-order valence-corrected chi connectivity index (χ2v) is 5.75. The fourth-order valence-corrected chi connectivity index (χ4v) is 3.73. The number of nitrogens with two attached hydrogens (primary N) is 1. The molecule has 0 radical (unpaired) electrons. The van der Waals surface area contributed by atoms with E-state index in [2.05, 4.69) is 34.1 Å². The minimum absolute atomic E-state index is 0.699. The van der Waals surface area contributed by atoms with Crippen molar-refractivity contribution in [3.8, 4) is 0 Å². The molecule has 1 aromatic heterocycles. The lowest BCUT2D eigenvalue weighted by molar-refractivity contribution is 0.223. The summed E-state index contributed by atoms with van der Waals surface area (Å²) in [7, 11) is 0. The fraction of sp³-hybridized carbons (Fsp3) is 0.467. The molecule has 0 amide bonds. The van der Waals surface area contributed by atoms with Gasteiger partial charge >= 0.3 is 0 Å². The van der Waals surface area contributed by atoms with Gasteiger partial charge in [-0.25, -0.2) is 0 Å². The Labute approximate surface area is 107 Å². The zero-order valence-corrected chi connectivity index (χ0v) is 10.5. The number of aromatic amines is 1. The lowest BCUT2D eigenvalue weighted by Gasteiger charge is -2.29. The van der Waals surface area contributed by atoms with E-state index < -0.39 is 0 Å². The molecule has 0 aliphatic carbocycles. The van der Waals surface area contributed by atoms with E-state index >= 15 is 0 Å². The van der Waals surface area contributed by atoms with Crippen molar-refractivity contribution in [3.05, 3.63) is 35.5 Å². The highest BCUT2D eigenvalue weighted by Gasteiger charge is 2.36. The number of fused-ring (bicyclic) bond motifs is 4. The Balaban J connectivity index is 1.74. The van der Waals surface area contributed by atoms with Crippen LogP contribution in [0.25, 0.3) is 10.9 Å². The zero-order chi connectivity index (χ0) is 12.1. The Morgan fingerprint density at radius 3 is 3.11 bits per heavy atom. The summed E-state index contributed by atoms with van der Waals surface area (Å²) in [5.74, 6) is 0.699. The molecule has 1 saturated heterocycles. The summed E-state index contributed by atoms with van der Waals surface area (Å²) in [6, 6.07) is 9.39. The predicted octanol–water partition coefficient (Wildman–Crippen LogP) is 1.87. The first-order chi connectivity index (χ1) is 8.85. The van der Waals surface area contributed by atoms with Crippen LogP contribution in [0.2, 0.25) is 0 Å². The lowest BCUT2D eigenvalue weighted by Crippen LogP contribution is -2.35. The van der Waals surface area contributed by atoms with Gasteiger partial charge in [-0.15, -0.1) is 0 Å². The first-order valence-corrected chi connectivity index (χ1v) is 6.87. The summed E-state index contributed by atoms with van der Waals surface area (Å²) in [5.41, 5.74) is 10.1. The Hall–Kier alpha value is -1.32. The first kappa shape index (κ1) is 10.6. The summed E-state index contributed by atoms with van der Waals surface area (Å²) >= 11 is 0. The third-order valence-corrected chi connectivity index (χ3v) is 4.65. The maximum atomic E-state index is 5.82. The Morgan fingerprint density at radius 1 is 1.33 bits per heavy atom. The highest BCUT2D eigenvalue weighted by atomic mass is 15.2. The number of nitrogens with one attached hydrogen (secondary N) is 1. The molecule has 18 heavy (non-hydrogen) atoms. The second kappa shape index (κ2) is 3.84. The number of hydrogen-bond donors (Lipinski definition) is 2. The number of nitrogens with zero attached hydrogens (tertiary/aromatic N) is 1. The SMILES string of the molecule is NC[C@H]1C[C@@H]2Cc3c([nH]c4ccccc34)CN2C1. The minimum Gasteiger partial charge on any atom is -0.357 e. The third kappa shape index (κ3) is 1.44. The standard InChI is InChI=1S/C15H19N3/c16-7-10-5-11-6-13-12-3-1-2-4-14(12)17-15(13)9-18(11)8-10/h1-4,10-11,17H,5-9,16H2/t10-,11-/m1/s1. The molecule has 0 bridgehead atoms. The van der Waals surface area contributed by atoms with Crippen molar-refractivity contribution in [1.29, 1.82) is 0 Å². The average Bonchev–Trinajstić information content (AvgIpc) is 2.95. The maximum absolute atomic E-state index is 5.82. The van der Waals surface area contributed by atoms with Crippen molar-refractivity contribution in [2.75, 3.05) is 13.1 Å². The molecule has 94 valence electrons. The molecule has 0 unspecified atom stereocenters. The van der Waals surface area contributed by atoms with Crippen LogP contribution in [0.3, 0.4) is 0 Å². The second-order valence-electron chi connectivity index (χ2n) is 5.75. The Morgan fingerprint density at radius 2 is 2.22 bits per heavy atom. The van der Waals surface area contributed by atoms with Crippen LogP contribution < -0.4 is 5.73 Å². The number of rotatable bonds is 1. The van der Waals surface area contributed by atoms with Crippen LogP contribution >= 0.6 is 0 Å². The van der Waals surface area contributed by atoms with Crippen molar-refractivity contribution in [3.63, 3.8) is 0 Å². The molecule has 4 rings (SSSR count). The van der Waals surface area contributed by atoms with Gasteiger partial charge in [-0.3, -0.25) is 4.90 Å². The van der Waals surface area contributed by atoms with E-state index in [0.717, 1.165) is 13.1 Å². The number of aromatic nitrogens is 1. The van der Waals surface area contributed by atoms with Gasteiger partial charge in [0.1, 0.15) is 0 Å². The van der Waals surface area contributed by atoms with Gasteiger partial charge in [-0.2, -0.15) is 0 Å². The van der Waals surface area contributed by atoms with Gasteiger partial charge in [-0.1, -0.05) is 18.2 Å². The van der Waals surface area contributed by atoms with Gasteiger partial charge in [0.05, 0.1) is 0 Å². The molecule has 1 fully saturated rings. The molecule has 1 aromatic carbocycles. The van der Waals surface area contributed by atoms with E-state index in [1.165, 1.54) is 36.0 Å². The third-order valence-electron chi connectivity index (χ3n) is 4.65. The molecular formula is C15H19N3. The number of para-hydroxylation sites is 1. The van der Waals surface area contributed by atoms with E-state index in [4.69, 9.17) is 5.73 Å². The summed E-state index contributed by atoms with van der Waals surface area (Å²) in [6.45, 7) is 3.09. The normalized spacial score (nSPS) is 27.4. The van der Waals surface area contributed by atoms with Crippen molar-refractivity contribution in [2.24, 2.45) is 11.7 Å². The summed E-state index contributed by atoms with van der Waals surface area (Å²) in [4.78, 5) is 6.19. The molecular weight excluding hydrogens is 222 g/mol. The minimum atomic E-state index is 0.699. The van der Waals surface area contributed by atoms with Crippen LogP contribution in [0.5, 0.6) is 0 Å². The Kier molecular flexibility index (Phi) is 2.26. The quantitative estimate of drug-likeness (QED) is 0.800. The van der Waals surface area contributed by atoms with Gasteiger partial charge in [0, 0.05) is 35.7 Å². The van der Waals surface area contributed by atoms with Gasteiger partial charge < -0.3 is 10.7 Å². The highest BCUT2D eigenvalue weighted by molar-refractivity contribution is 5.84. The van der Waals surface area contributed by atoms with E-state index in [-0.39, 0.29) is 0 Å². The maximum Gasteiger partial charge on any atom is 0.0459 e. The van der Waals surface area contributed by atoms with Crippen LogP contribution in [-0.4, -0.2) is 29.0 Å². The van der Waals surface area contributed by atoms with Crippen LogP contribution in [0, 0.1) is 5.92 Å². The van der Waals surface area contributed by atoms with Crippen LogP contribution in [-0.2, 0) is 13.0 Å². The molecule has 0 spiro atoms. The monoisotopic (exact) mass is 241 g/mol. The van der Waals surface area contributed by atoms with E-state index in [1.54, 1.807) is 5.56 Å². The van der Waals surface area contributed by atoms with Gasteiger partial charge in [0.15, 0.2) is 0 Å². The van der Waals surface area contributed by atoms with E-state index in [9.17, 15) is 0 Å². The van der Waals surface area contributed by atoms with Gasteiger partial charge in [0.2, 0.25) is 0 Å². The van der Waals surface area contributed by atoms with E-state index in [0.29, 0.717) is 12.0 Å². The van der Waals surface area contributed by atoms with Crippen LogP contribution in [0.4, 0.5) is 0 Å². The highest BCUT2D eigenvalue weighted by Crippen LogP contribution is 2.35. The number of hydrogen-bond acceptors (Lipinski definition) is 2. The van der Waals surface area contributed by atoms with Crippen molar-refractivity contribution in [1.82, 2.24) is 9.88 Å². The average molecular weight is 241 g/mol. The molecule has 2 aromatic rings. The summed E-state index contributed by atoms with van der Waals surface area (Å²) in [6.07, 6.45) is 2.46. The zero-order valence-electron chi connectivity index (χ0n) is 10.5. The molecule has 2 atom stereocenters. The molecule has 3 nitrogen and oxygen atoms in total. The number of H-pyrrole nitrogens is 1. The summed E-state index contributed by atoms with van der Waals surface area (Å²) in [5, 5.41) is 1.42. The molecule has 2 aliphatic heterocycles. The lowest BCUT2D eigenvalue weighted by atomic mass is 9.95. The Bertz CT molecular complexity index is 586. The fourth-order valence-electron chi connectivity index (χ4n) is 3.73. The van der Waals surface area contributed by atoms with Crippen LogP contribution in [0.1, 0.15) is 17.7 Å². The largest absolute Gasteiger partial charge is 0.357 e. The molecule has 2 aliphatic rings. The molecule has 0 saturated carbocycles. The molecule has 3 heterocycles. The predicted molar refractivity (Wildman–Crippen MR) is 73.4 cm³/mol. The van der Waals surface area contributed by atoms with Gasteiger partial charge in [-0.05, 0) is 36.9 Å². The smallest absolute Gasteiger partial charge is 0.0459 e. The van der Waals surface area contributed by atoms with Crippen molar-refractivity contribution >= 4 is 10.9 Å². The number of benzene rings is 1. The first-order valence-electron chi connectivity index (χ1n) is 6.87. The molecule has 3 N–H and O–H groups in total. The van der Waals surface area contributed by atoms with Crippen molar-refractivity contribution in [2.45, 2.75) is 25.4 Å². The van der Waals surface area contributed by atoms with Gasteiger partial charge in [0.25, 0.3) is 0 Å². The molecule has 3 heteroatoms. The topological polar surface area (TPSA) is 45.1 Å². The van der Waals surface area contributed by atoms with E-state index in [1.807, 2.05) is 0 Å². The van der Waals surface area contributed by atoms with Crippen molar-refractivity contribution < 1.29 is 0 Å². The van der Waals surface area contributed by atoms with Crippen LogP contribution in [0.15, 0.2) is 24.3 Å².